The van der Waals surface area contributed by atoms with E-state index >= 15 is 0 Å². The van der Waals surface area contributed by atoms with E-state index in [1.54, 1.807) is 0 Å². The van der Waals surface area contributed by atoms with Gasteiger partial charge in [-0.2, -0.15) is 0 Å². The molecule has 1 saturated heterocycles. The number of benzene rings is 1. The lowest BCUT2D eigenvalue weighted by molar-refractivity contribution is -0.133. The summed E-state index contributed by atoms with van der Waals surface area (Å²) in [6, 6.07) is 11.0. The SMILES string of the molecule is CCOC(C)CC(=O)N1CCC2(CCC(c3ccccc3)(N(C)C)CC2)C1. The minimum absolute atomic E-state index is 0.0184. The standard InChI is InChI=1S/C23H36N2O2/c1-5-27-19(2)17-21(26)25-16-15-22(18-25)11-13-23(14-12-22,24(3)4)20-9-7-6-8-10-20/h6-10,19H,5,11-18H2,1-4H3. The number of rotatable bonds is 6. The molecule has 0 bridgehead atoms. The molecule has 1 amide bonds. The summed E-state index contributed by atoms with van der Waals surface area (Å²) in [5, 5.41) is 0. The van der Waals surface area contributed by atoms with Gasteiger partial charge in [0.15, 0.2) is 0 Å². The number of carbonyl (C=O) groups excluding carboxylic acids is 1. The highest BCUT2D eigenvalue weighted by atomic mass is 16.5. The highest BCUT2D eigenvalue weighted by Crippen LogP contribution is 2.51. The van der Waals surface area contributed by atoms with Gasteiger partial charge >= 0.3 is 0 Å². The van der Waals surface area contributed by atoms with E-state index in [4.69, 9.17) is 4.74 Å². The molecule has 1 spiro atoms. The maximum Gasteiger partial charge on any atom is 0.225 e. The first-order valence-corrected chi connectivity index (χ1v) is 10.5. The molecule has 1 aliphatic heterocycles. The molecule has 0 aromatic heterocycles. The quantitative estimate of drug-likeness (QED) is 0.755. The molecule has 4 heteroatoms. The Hall–Kier alpha value is -1.39. The van der Waals surface area contributed by atoms with Crippen molar-refractivity contribution in [2.75, 3.05) is 33.8 Å². The van der Waals surface area contributed by atoms with E-state index in [0.29, 0.717) is 18.4 Å². The third kappa shape index (κ3) is 4.22. The molecule has 0 radical (unpaired) electrons. The van der Waals surface area contributed by atoms with E-state index < -0.39 is 0 Å². The van der Waals surface area contributed by atoms with Gasteiger partial charge in [-0.05, 0) is 71.0 Å². The minimum atomic E-state index is 0.0184. The van der Waals surface area contributed by atoms with Gasteiger partial charge in [-0.15, -0.1) is 0 Å². The molecule has 150 valence electrons. The third-order valence-electron chi connectivity index (χ3n) is 7.01. The average molecular weight is 373 g/mol. The molecule has 4 nitrogen and oxygen atoms in total. The van der Waals surface area contributed by atoms with Crippen molar-refractivity contribution in [2.45, 2.75) is 64.0 Å². The molecule has 1 aromatic carbocycles. The summed E-state index contributed by atoms with van der Waals surface area (Å²) in [6.07, 6.45) is 6.42. The summed E-state index contributed by atoms with van der Waals surface area (Å²) in [5.74, 6) is 0.264. The number of amides is 1. The number of likely N-dealkylation sites (tertiary alicyclic amines) is 1. The molecule has 1 saturated carbocycles. The predicted molar refractivity (Wildman–Crippen MR) is 110 cm³/mol. The molecule has 27 heavy (non-hydrogen) atoms. The first kappa shape index (κ1) is 20.3. The van der Waals surface area contributed by atoms with Crippen molar-refractivity contribution in [3.05, 3.63) is 35.9 Å². The fourth-order valence-corrected chi connectivity index (χ4v) is 5.21. The van der Waals surface area contributed by atoms with Gasteiger partial charge in [0.05, 0.1) is 12.5 Å². The Kier molecular flexibility index (Phi) is 6.27. The van der Waals surface area contributed by atoms with Crippen LogP contribution in [0.4, 0.5) is 0 Å². The van der Waals surface area contributed by atoms with Crippen molar-refractivity contribution in [2.24, 2.45) is 5.41 Å². The summed E-state index contributed by atoms with van der Waals surface area (Å²) < 4.78 is 5.56. The number of ether oxygens (including phenoxy) is 1. The highest BCUT2D eigenvalue weighted by molar-refractivity contribution is 5.77. The zero-order chi connectivity index (χ0) is 19.5. The van der Waals surface area contributed by atoms with Crippen LogP contribution in [0.2, 0.25) is 0 Å². The van der Waals surface area contributed by atoms with Crippen LogP contribution in [0.3, 0.4) is 0 Å². The van der Waals surface area contributed by atoms with E-state index in [1.807, 2.05) is 13.8 Å². The zero-order valence-electron chi connectivity index (χ0n) is 17.5. The first-order valence-electron chi connectivity index (χ1n) is 10.5. The summed E-state index contributed by atoms with van der Waals surface area (Å²) in [5.41, 5.74) is 1.88. The molecule has 1 unspecified atom stereocenters. The smallest absolute Gasteiger partial charge is 0.225 e. The van der Waals surface area contributed by atoms with Crippen LogP contribution in [0.15, 0.2) is 30.3 Å². The van der Waals surface area contributed by atoms with E-state index in [1.165, 1.54) is 31.2 Å². The van der Waals surface area contributed by atoms with Gasteiger partial charge in [0, 0.05) is 25.2 Å². The zero-order valence-corrected chi connectivity index (χ0v) is 17.5. The van der Waals surface area contributed by atoms with E-state index in [9.17, 15) is 4.79 Å². The van der Waals surface area contributed by atoms with Crippen molar-refractivity contribution >= 4 is 5.91 Å². The van der Waals surface area contributed by atoms with Crippen LogP contribution in [0.1, 0.15) is 57.9 Å². The monoisotopic (exact) mass is 372 g/mol. The van der Waals surface area contributed by atoms with Crippen LogP contribution >= 0.6 is 0 Å². The second-order valence-corrected chi connectivity index (χ2v) is 8.83. The lowest BCUT2D eigenvalue weighted by atomic mass is 9.64. The molecular formula is C23H36N2O2. The third-order valence-corrected chi connectivity index (χ3v) is 7.01. The fourth-order valence-electron chi connectivity index (χ4n) is 5.21. The maximum absolute atomic E-state index is 12.7. The van der Waals surface area contributed by atoms with Gasteiger partial charge < -0.3 is 9.64 Å². The van der Waals surface area contributed by atoms with E-state index in [2.05, 4.69) is 54.2 Å². The van der Waals surface area contributed by atoms with Crippen LogP contribution in [-0.2, 0) is 15.1 Å². The normalized spacial score (nSPS) is 29.4. The van der Waals surface area contributed by atoms with Crippen LogP contribution in [0, 0.1) is 5.41 Å². The van der Waals surface area contributed by atoms with Crippen molar-refractivity contribution in [1.29, 1.82) is 0 Å². The van der Waals surface area contributed by atoms with Crippen molar-refractivity contribution in [3.8, 4) is 0 Å². The number of carbonyl (C=O) groups is 1. The van der Waals surface area contributed by atoms with Crippen LogP contribution in [-0.4, -0.2) is 55.6 Å². The topological polar surface area (TPSA) is 32.8 Å². The molecule has 0 N–H and O–H groups in total. The average Bonchev–Trinajstić information content (AvgIpc) is 3.07. The van der Waals surface area contributed by atoms with Gasteiger partial charge in [0.25, 0.3) is 0 Å². The first-order chi connectivity index (χ1) is 12.9. The Morgan fingerprint density at radius 3 is 2.41 bits per heavy atom. The Labute approximate surface area is 164 Å². The van der Waals surface area contributed by atoms with E-state index in [0.717, 1.165) is 19.5 Å². The van der Waals surface area contributed by atoms with Gasteiger partial charge in [-0.25, -0.2) is 0 Å². The molecule has 1 aromatic rings. The molecule has 2 aliphatic rings. The van der Waals surface area contributed by atoms with Crippen LogP contribution < -0.4 is 0 Å². The van der Waals surface area contributed by atoms with Gasteiger partial charge in [0.2, 0.25) is 5.91 Å². The molecule has 1 aliphatic carbocycles. The lowest BCUT2D eigenvalue weighted by Crippen LogP contribution is -2.47. The Morgan fingerprint density at radius 1 is 1.15 bits per heavy atom. The summed E-state index contributed by atoms with van der Waals surface area (Å²) in [4.78, 5) is 17.2. The Bertz CT molecular complexity index is 621. The van der Waals surface area contributed by atoms with Crippen molar-refractivity contribution in [3.63, 3.8) is 0 Å². The molecule has 1 heterocycles. The Morgan fingerprint density at radius 2 is 1.81 bits per heavy atom. The Balaban J connectivity index is 1.64. The summed E-state index contributed by atoms with van der Waals surface area (Å²) >= 11 is 0. The number of hydrogen-bond acceptors (Lipinski definition) is 3. The van der Waals surface area contributed by atoms with Gasteiger partial charge in [-0.1, -0.05) is 30.3 Å². The number of nitrogens with zero attached hydrogens (tertiary/aromatic N) is 2. The maximum atomic E-state index is 12.7. The van der Waals surface area contributed by atoms with Crippen LogP contribution in [0.5, 0.6) is 0 Å². The molecule has 2 fully saturated rings. The summed E-state index contributed by atoms with van der Waals surface area (Å²) in [6.45, 7) is 6.50. The minimum Gasteiger partial charge on any atom is -0.378 e. The molecule has 3 rings (SSSR count). The van der Waals surface area contributed by atoms with E-state index in [-0.39, 0.29) is 17.6 Å². The van der Waals surface area contributed by atoms with Gasteiger partial charge in [0.1, 0.15) is 0 Å². The second kappa shape index (κ2) is 8.32. The molecular weight excluding hydrogens is 336 g/mol. The second-order valence-electron chi connectivity index (χ2n) is 8.83. The highest BCUT2D eigenvalue weighted by Gasteiger charge is 2.48. The summed E-state index contributed by atoms with van der Waals surface area (Å²) in [7, 11) is 4.43. The van der Waals surface area contributed by atoms with Crippen molar-refractivity contribution < 1.29 is 9.53 Å². The predicted octanol–water partition coefficient (Wildman–Crippen LogP) is 4.05. The number of hydrogen-bond donors (Lipinski definition) is 0. The fraction of sp³-hybridized carbons (Fsp3) is 0.696. The molecule has 1 atom stereocenters. The van der Waals surface area contributed by atoms with Crippen molar-refractivity contribution in [1.82, 2.24) is 9.80 Å². The lowest BCUT2D eigenvalue weighted by Gasteiger charge is -2.49. The van der Waals surface area contributed by atoms with Crippen LogP contribution in [0.25, 0.3) is 0 Å². The largest absolute Gasteiger partial charge is 0.378 e. The van der Waals surface area contributed by atoms with Gasteiger partial charge in [-0.3, -0.25) is 9.69 Å².